The molecule has 1 saturated carbocycles. The maximum Gasteiger partial charge on any atom is 0.330 e. The third-order valence-corrected chi connectivity index (χ3v) is 5.83. The van der Waals surface area contributed by atoms with Gasteiger partial charge in [0, 0.05) is 22.9 Å². The van der Waals surface area contributed by atoms with Crippen molar-refractivity contribution in [1.29, 1.82) is 0 Å². The lowest BCUT2D eigenvalue weighted by molar-refractivity contribution is -0.143. The average Bonchev–Trinajstić information content (AvgIpc) is 3.09. The first-order valence-electron chi connectivity index (χ1n) is 7.96. The molecule has 3 unspecified atom stereocenters. The van der Waals surface area contributed by atoms with Gasteiger partial charge in [0.15, 0.2) is 0 Å². The van der Waals surface area contributed by atoms with Crippen molar-refractivity contribution in [3.63, 3.8) is 0 Å². The molecule has 6 nitrogen and oxygen atoms in total. The molecule has 3 N–H and O–H groups in total. The van der Waals surface area contributed by atoms with Crippen LogP contribution in [0.1, 0.15) is 30.1 Å². The lowest BCUT2D eigenvalue weighted by atomic mass is 9.98. The van der Waals surface area contributed by atoms with Gasteiger partial charge in [0.1, 0.15) is 5.54 Å². The number of aliphatic carboxylic acids is 1. The van der Waals surface area contributed by atoms with Crippen molar-refractivity contribution >= 4 is 35.2 Å². The van der Waals surface area contributed by atoms with Crippen LogP contribution in [0.5, 0.6) is 0 Å². The van der Waals surface area contributed by atoms with Crippen LogP contribution >= 0.6 is 11.8 Å². The van der Waals surface area contributed by atoms with Crippen LogP contribution in [0.2, 0.25) is 0 Å². The summed E-state index contributed by atoms with van der Waals surface area (Å²) in [5.74, 6) is 0.220. The molecular formula is C17H20N2O4S. The normalized spacial score (nSPS) is 28.2. The number of nitrogens with one attached hydrogen (secondary N) is 2. The van der Waals surface area contributed by atoms with E-state index in [1.54, 1.807) is 24.3 Å². The van der Waals surface area contributed by atoms with E-state index in [1.807, 2.05) is 6.92 Å². The van der Waals surface area contributed by atoms with Gasteiger partial charge in [0.2, 0.25) is 5.91 Å². The summed E-state index contributed by atoms with van der Waals surface area (Å²) in [5, 5.41) is 14.9. The molecule has 0 bridgehead atoms. The minimum absolute atomic E-state index is 0.00696. The standard InChI is InChI=1S/C17H20N2O4S/c1-10-8-13(10)15(21)18-12-4-2-11(3-5-12)14(20)19-17(16(22)23)6-7-24-9-17/h2-5,10,13H,6-9H2,1H3,(H,18,21)(H,19,20)(H,22,23). The van der Waals surface area contributed by atoms with Crippen molar-refractivity contribution in [3.8, 4) is 0 Å². The molecular weight excluding hydrogens is 328 g/mol. The second-order valence-corrected chi connectivity index (χ2v) is 7.64. The van der Waals surface area contributed by atoms with Gasteiger partial charge in [0.05, 0.1) is 0 Å². The first kappa shape index (κ1) is 16.8. The predicted octanol–water partition coefficient (Wildman–Crippen LogP) is 1.97. The number of anilines is 1. The van der Waals surface area contributed by atoms with E-state index in [2.05, 4.69) is 10.6 Å². The van der Waals surface area contributed by atoms with Gasteiger partial charge < -0.3 is 15.7 Å². The van der Waals surface area contributed by atoms with Gasteiger partial charge >= 0.3 is 5.97 Å². The van der Waals surface area contributed by atoms with Crippen molar-refractivity contribution < 1.29 is 19.5 Å². The second-order valence-electron chi connectivity index (χ2n) is 6.53. The van der Waals surface area contributed by atoms with Crippen LogP contribution in [0.3, 0.4) is 0 Å². The first-order valence-corrected chi connectivity index (χ1v) is 9.11. The molecule has 1 aliphatic carbocycles. The molecule has 0 radical (unpaired) electrons. The summed E-state index contributed by atoms with van der Waals surface area (Å²) < 4.78 is 0. The molecule has 1 heterocycles. The van der Waals surface area contributed by atoms with Crippen LogP contribution in [0.25, 0.3) is 0 Å². The van der Waals surface area contributed by atoms with Gasteiger partial charge in [-0.25, -0.2) is 4.79 Å². The third-order valence-electron chi connectivity index (χ3n) is 4.64. The highest BCUT2D eigenvalue weighted by Gasteiger charge is 2.43. The number of carbonyl (C=O) groups excluding carboxylic acids is 2. The Morgan fingerprint density at radius 1 is 1.25 bits per heavy atom. The molecule has 1 aromatic carbocycles. The lowest BCUT2D eigenvalue weighted by Gasteiger charge is -2.24. The predicted molar refractivity (Wildman–Crippen MR) is 92.1 cm³/mol. The number of carboxylic acids is 1. The number of carbonyl (C=O) groups is 3. The zero-order valence-corrected chi connectivity index (χ0v) is 14.2. The van der Waals surface area contributed by atoms with E-state index >= 15 is 0 Å². The Hall–Kier alpha value is -2.02. The quantitative estimate of drug-likeness (QED) is 0.756. The molecule has 2 amide bonds. The van der Waals surface area contributed by atoms with Crippen molar-refractivity contribution in [2.75, 3.05) is 16.8 Å². The van der Waals surface area contributed by atoms with E-state index in [0.717, 1.165) is 12.2 Å². The SMILES string of the molecule is CC1CC1C(=O)Nc1ccc(C(=O)NC2(C(=O)O)CCSC2)cc1. The highest BCUT2D eigenvalue weighted by atomic mass is 32.2. The second kappa shape index (κ2) is 6.47. The van der Waals surface area contributed by atoms with Gasteiger partial charge in [-0.2, -0.15) is 11.8 Å². The van der Waals surface area contributed by atoms with Crippen molar-refractivity contribution in [2.24, 2.45) is 11.8 Å². The fraction of sp³-hybridized carbons (Fsp3) is 0.471. The summed E-state index contributed by atoms with van der Waals surface area (Å²) in [6.45, 7) is 2.04. The third kappa shape index (κ3) is 3.40. The van der Waals surface area contributed by atoms with Crippen molar-refractivity contribution in [2.45, 2.75) is 25.3 Å². The first-order chi connectivity index (χ1) is 11.4. The molecule has 2 aliphatic rings. The van der Waals surface area contributed by atoms with Crippen LogP contribution in [0.15, 0.2) is 24.3 Å². The van der Waals surface area contributed by atoms with Gasteiger partial charge in [-0.3, -0.25) is 9.59 Å². The summed E-state index contributed by atoms with van der Waals surface area (Å²) >= 11 is 1.52. The number of hydrogen-bond donors (Lipinski definition) is 3. The maximum absolute atomic E-state index is 12.3. The van der Waals surface area contributed by atoms with E-state index in [-0.39, 0.29) is 11.8 Å². The van der Waals surface area contributed by atoms with Gasteiger partial charge in [-0.1, -0.05) is 6.92 Å². The monoisotopic (exact) mass is 348 g/mol. The van der Waals surface area contributed by atoms with Crippen LogP contribution < -0.4 is 10.6 Å². The number of thioether (sulfide) groups is 1. The average molecular weight is 348 g/mol. The zero-order valence-electron chi connectivity index (χ0n) is 13.4. The smallest absolute Gasteiger partial charge is 0.330 e. The molecule has 1 saturated heterocycles. The largest absolute Gasteiger partial charge is 0.479 e. The Morgan fingerprint density at radius 2 is 1.92 bits per heavy atom. The molecule has 2 fully saturated rings. The van der Waals surface area contributed by atoms with Crippen LogP contribution in [-0.2, 0) is 9.59 Å². The van der Waals surface area contributed by atoms with Crippen molar-refractivity contribution in [3.05, 3.63) is 29.8 Å². The van der Waals surface area contributed by atoms with Gasteiger partial charge in [-0.15, -0.1) is 0 Å². The fourth-order valence-corrected chi connectivity index (χ4v) is 4.13. The summed E-state index contributed by atoms with van der Waals surface area (Å²) in [6.07, 6.45) is 1.34. The Kier molecular flexibility index (Phi) is 4.54. The topological polar surface area (TPSA) is 95.5 Å². The Balaban J connectivity index is 1.63. The molecule has 24 heavy (non-hydrogen) atoms. The molecule has 0 spiro atoms. The van der Waals surface area contributed by atoms with E-state index in [0.29, 0.717) is 29.3 Å². The lowest BCUT2D eigenvalue weighted by Crippen LogP contribution is -2.54. The highest BCUT2D eigenvalue weighted by Crippen LogP contribution is 2.38. The van der Waals surface area contributed by atoms with Gasteiger partial charge in [0.25, 0.3) is 5.91 Å². The molecule has 1 aromatic rings. The number of hydrogen-bond acceptors (Lipinski definition) is 4. The Labute approximate surface area is 144 Å². The minimum Gasteiger partial charge on any atom is -0.479 e. The summed E-state index contributed by atoms with van der Waals surface area (Å²) in [6, 6.07) is 6.52. The number of carboxylic acid groups (broad SMARTS) is 1. The fourth-order valence-electron chi connectivity index (χ4n) is 2.80. The molecule has 128 valence electrons. The summed E-state index contributed by atoms with van der Waals surface area (Å²) in [5.41, 5.74) is -0.165. The van der Waals surface area contributed by atoms with Gasteiger partial charge in [-0.05, 0) is 48.8 Å². The van der Waals surface area contributed by atoms with E-state index in [1.165, 1.54) is 11.8 Å². The van der Waals surface area contributed by atoms with E-state index < -0.39 is 17.4 Å². The Bertz CT molecular complexity index is 668. The Morgan fingerprint density at radius 3 is 2.42 bits per heavy atom. The molecule has 3 atom stereocenters. The van der Waals surface area contributed by atoms with Crippen LogP contribution in [0, 0.1) is 11.8 Å². The molecule has 7 heteroatoms. The zero-order chi connectivity index (χ0) is 17.3. The van der Waals surface area contributed by atoms with Crippen molar-refractivity contribution in [1.82, 2.24) is 5.32 Å². The summed E-state index contributed by atoms with van der Waals surface area (Å²) in [7, 11) is 0. The summed E-state index contributed by atoms with van der Waals surface area (Å²) in [4.78, 5) is 35.7. The molecule has 0 aromatic heterocycles. The number of amides is 2. The molecule has 1 aliphatic heterocycles. The minimum atomic E-state index is -1.18. The van der Waals surface area contributed by atoms with E-state index in [9.17, 15) is 19.5 Å². The maximum atomic E-state index is 12.3. The van der Waals surface area contributed by atoms with Crippen LogP contribution in [-0.4, -0.2) is 39.9 Å². The number of rotatable bonds is 5. The van der Waals surface area contributed by atoms with Crippen LogP contribution in [0.4, 0.5) is 5.69 Å². The molecule has 3 rings (SSSR count). The number of benzene rings is 1. The highest BCUT2D eigenvalue weighted by molar-refractivity contribution is 7.99. The van der Waals surface area contributed by atoms with E-state index in [4.69, 9.17) is 0 Å².